The molecular weight excluding hydrogens is 206 g/mol. The number of para-hydroxylation sites is 2. The van der Waals surface area contributed by atoms with Gasteiger partial charge in [0.25, 0.3) is 0 Å². The fraction of sp³-hybridized carbons (Fsp3) is 0.417. The second-order valence-corrected chi connectivity index (χ2v) is 3.60. The van der Waals surface area contributed by atoms with E-state index in [2.05, 4.69) is 0 Å². The van der Waals surface area contributed by atoms with Crippen molar-refractivity contribution in [1.29, 1.82) is 0 Å². The first kappa shape index (κ1) is 11.0. The van der Waals surface area contributed by atoms with Crippen molar-refractivity contribution in [3.05, 3.63) is 24.3 Å². The highest BCUT2D eigenvalue weighted by Crippen LogP contribution is 2.33. The summed E-state index contributed by atoms with van der Waals surface area (Å²) in [6, 6.07) is 7.49. The van der Waals surface area contributed by atoms with E-state index in [1.54, 1.807) is 11.8 Å². The van der Waals surface area contributed by atoms with Gasteiger partial charge in [-0.15, -0.1) is 0 Å². The second-order valence-electron chi connectivity index (χ2n) is 3.60. The van der Waals surface area contributed by atoms with Gasteiger partial charge in [0.1, 0.15) is 5.75 Å². The van der Waals surface area contributed by atoms with Gasteiger partial charge in [0.05, 0.1) is 12.2 Å². The minimum atomic E-state index is -0.371. The molecule has 4 heteroatoms. The summed E-state index contributed by atoms with van der Waals surface area (Å²) in [6.07, 6.45) is -0.371. The van der Waals surface area contributed by atoms with Crippen LogP contribution < -0.4 is 9.64 Å². The Hall–Kier alpha value is -1.55. The fourth-order valence-corrected chi connectivity index (χ4v) is 1.78. The summed E-state index contributed by atoms with van der Waals surface area (Å²) in [5, 5.41) is 0. The highest BCUT2D eigenvalue weighted by Gasteiger charge is 2.27. The molecule has 0 spiro atoms. The average Bonchev–Trinajstić information content (AvgIpc) is 2.28. The van der Waals surface area contributed by atoms with Crippen LogP contribution in [0.4, 0.5) is 5.69 Å². The molecule has 0 N–H and O–H groups in total. The van der Waals surface area contributed by atoms with E-state index < -0.39 is 0 Å². The van der Waals surface area contributed by atoms with Crippen molar-refractivity contribution in [2.75, 3.05) is 18.1 Å². The highest BCUT2D eigenvalue weighted by atomic mass is 16.7. The van der Waals surface area contributed by atoms with E-state index in [-0.39, 0.29) is 12.2 Å². The summed E-state index contributed by atoms with van der Waals surface area (Å²) in [4.78, 5) is 13.2. The Morgan fingerprint density at radius 2 is 2.31 bits per heavy atom. The zero-order valence-corrected chi connectivity index (χ0v) is 9.47. The Labute approximate surface area is 94.8 Å². The van der Waals surface area contributed by atoms with Crippen LogP contribution in [-0.4, -0.2) is 25.3 Å². The van der Waals surface area contributed by atoms with Crippen molar-refractivity contribution in [2.45, 2.75) is 20.1 Å². The van der Waals surface area contributed by atoms with Crippen molar-refractivity contribution >= 4 is 11.6 Å². The van der Waals surface area contributed by atoms with E-state index in [1.807, 2.05) is 31.2 Å². The van der Waals surface area contributed by atoms with Gasteiger partial charge >= 0.3 is 0 Å². The van der Waals surface area contributed by atoms with E-state index in [9.17, 15) is 4.79 Å². The summed E-state index contributed by atoms with van der Waals surface area (Å²) >= 11 is 0. The fourth-order valence-electron chi connectivity index (χ4n) is 1.78. The van der Waals surface area contributed by atoms with Gasteiger partial charge in [-0.1, -0.05) is 12.1 Å². The molecule has 0 radical (unpaired) electrons. The quantitative estimate of drug-likeness (QED) is 0.764. The summed E-state index contributed by atoms with van der Waals surface area (Å²) in [7, 11) is 0. The number of rotatable bonds is 2. The minimum absolute atomic E-state index is 0.000420. The third-order valence-electron chi connectivity index (χ3n) is 2.48. The summed E-state index contributed by atoms with van der Waals surface area (Å²) in [6.45, 7) is 4.46. The van der Waals surface area contributed by atoms with Gasteiger partial charge in [0, 0.05) is 13.5 Å². The van der Waals surface area contributed by atoms with Crippen LogP contribution in [0.1, 0.15) is 13.8 Å². The maximum Gasteiger partial charge on any atom is 0.224 e. The van der Waals surface area contributed by atoms with E-state index in [0.717, 1.165) is 5.69 Å². The molecule has 1 atom stereocenters. The van der Waals surface area contributed by atoms with Crippen LogP contribution in [0, 0.1) is 0 Å². The normalized spacial score (nSPS) is 18.9. The van der Waals surface area contributed by atoms with Gasteiger partial charge in [0.15, 0.2) is 0 Å². The summed E-state index contributed by atoms with van der Waals surface area (Å²) < 4.78 is 11.0. The van der Waals surface area contributed by atoms with Crippen LogP contribution in [-0.2, 0) is 9.53 Å². The van der Waals surface area contributed by atoms with Gasteiger partial charge in [-0.25, -0.2) is 0 Å². The molecule has 0 bridgehead atoms. The lowest BCUT2D eigenvalue weighted by molar-refractivity contribution is -0.120. The Kier molecular flexibility index (Phi) is 3.10. The third-order valence-corrected chi connectivity index (χ3v) is 2.48. The van der Waals surface area contributed by atoms with Crippen LogP contribution in [0.3, 0.4) is 0 Å². The van der Waals surface area contributed by atoms with Crippen molar-refractivity contribution in [1.82, 2.24) is 0 Å². The van der Waals surface area contributed by atoms with Crippen LogP contribution in [0.5, 0.6) is 5.75 Å². The van der Waals surface area contributed by atoms with Crippen LogP contribution >= 0.6 is 0 Å². The number of anilines is 1. The van der Waals surface area contributed by atoms with Gasteiger partial charge < -0.3 is 14.4 Å². The molecule has 0 aromatic heterocycles. The summed E-state index contributed by atoms with van der Waals surface area (Å²) in [5.74, 6) is 0.697. The lowest BCUT2D eigenvalue weighted by Gasteiger charge is -2.33. The zero-order chi connectivity index (χ0) is 11.5. The molecule has 1 aliphatic rings. The number of carbonyl (C=O) groups is 1. The molecule has 1 amide bonds. The molecule has 1 aromatic rings. The third kappa shape index (κ3) is 2.02. The Morgan fingerprint density at radius 1 is 1.56 bits per heavy atom. The molecule has 4 nitrogen and oxygen atoms in total. The van der Waals surface area contributed by atoms with Crippen molar-refractivity contribution < 1.29 is 14.3 Å². The molecule has 2 rings (SSSR count). The Bertz CT molecular complexity index is 392. The maximum atomic E-state index is 11.5. The number of hydrogen-bond donors (Lipinski definition) is 0. The molecule has 1 unspecified atom stereocenters. The second kappa shape index (κ2) is 4.53. The predicted octanol–water partition coefficient (Wildman–Crippen LogP) is 1.79. The molecule has 0 aliphatic carbocycles. The van der Waals surface area contributed by atoms with Crippen molar-refractivity contribution in [3.8, 4) is 5.75 Å². The minimum Gasteiger partial charge on any atom is -0.461 e. The number of carbonyl (C=O) groups excluding carboxylic acids is 1. The van der Waals surface area contributed by atoms with Gasteiger partial charge in [-0.05, 0) is 19.1 Å². The van der Waals surface area contributed by atoms with E-state index >= 15 is 0 Å². The van der Waals surface area contributed by atoms with Crippen molar-refractivity contribution in [2.24, 2.45) is 0 Å². The first-order chi connectivity index (χ1) is 7.72. The molecule has 16 heavy (non-hydrogen) atoms. The summed E-state index contributed by atoms with van der Waals surface area (Å²) in [5.41, 5.74) is 0.811. The zero-order valence-electron chi connectivity index (χ0n) is 9.47. The molecule has 0 saturated carbocycles. The Balaban J connectivity index is 2.30. The first-order valence-electron chi connectivity index (χ1n) is 5.37. The molecule has 0 fully saturated rings. The van der Waals surface area contributed by atoms with Crippen LogP contribution in [0.15, 0.2) is 24.3 Å². The Morgan fingerprint density at radius 3 is 3.00 bits per heavy atom. The topological polar surface area (TPSA) is 38.8 Å². The first-order valence-corrected chi connectivity index (χ1v) is 5.37. The monoisotopic (exact) mass is 221 g/mol. The number of fused-ring (bicyclic) bond motifs is 1. The highest BCUT2D eigenvalue weighted by molar-refractivity contribution is 5.93. The van der Waals surface area contributed by atoms with Crippen molar-refractivity contribution in [3.63, 3.8) is 0 Å². The van der Waals surface area contributed by atoms with Crippen LogP contribution in [0.25, 0.3) is 0 Å². The lowest BCUT2D eigenvalue weighted by Crippen LogP contribution is -2.43. The maximum absolute atomic E-state index is 11.5. The SMILES string of the molecule is CCOC1CN(C(C)=O)c2ccccc2O1. The van der Waals surface area contributed by atoms with E-state index in [0.29, 0.717) is 18.9 Å². The molecular formula is C12H15NO3. The average molecular weight is 221 g/mol. The van der Waals surface area contributed by atoms with Gasteiger partial charge in [0.2, 0.25) is 12.2 Å². The number of benzene rings is 1. The standard InChI is InChI=1S/C12H15NO3/c1-3-15-12-8-13(9(2)14)10-6-4-5-7-11(10)16-12/h4-7,12H,3,8H2,1-2H3. The molecule has 1 aliphatic heterocycles. The molecule has 0 saturated heterocycles. The smallest absolute Gasteiger partial charge is 0.224 e. The number of ether oxygens (including phenoxy) is 2. The number of hydrogen-bond acceptors (Lipinski definition) is 3. The largest absolute Gasteiger partial charge is 0.461 e. The predicted molar refractivity (Wildman–Crippen MR) is 60.5 cm³/mol. The molecule has 1 aromatic carbocycles. The lowest BCUT2D eigenvalue weighted by atomic mass is 10.2. The van der Waals surface area contributed by atoms with E-state index in [1.165, 1.54) is 0 Å². The van der Waals surface area contributed by atoms with Gasteiger partial charge in [-0.2, -0.15) is 0 Å². The van der Waals surface area contributed by atoms with Gasteiger partial charge in [-0.3, -0.25) is 4.79 Å². The number of nitrogens with zero attached hydrogens (tertiary/aromatic N) is 1. The number of amides is 1. The van der Waals surface area contributed by atoms with Crippen LogP contribution in [0.2, 0.25) is 0 Å². The van der Waals surface area contributed by atoms with E-state index in [4.69, 9.17) is 9.47 Å². The molecule has 86 valence electrons. The molecule has 1 heterocycles.